The third kappa shape index (κ3) is 3.74. The van der Waals surface area contributed by atoms with E-state index in [1.165, 1.54) is 12.1 Å². The van der Waals surface area contributed by atoms with E-state index in [0.717, 1.165) is 17.6 Å². The van der Waals surface area contributed by atoms with Crippen LogP contribution >= 0.6 is 15.9 Å². The molecule has 1 atom stereocenters. The number of nitrogens with zero attached hydrogens (tertiary/aromatic N) is 2. The first-order valence-electron chi connectivity index (χ1n) is 6.06. The fourth-order valence-corrected chi connectivity index (χ4v) is 2.37. The van der Waals surface area contributed by atoms with E-state index in [4.69, 9.17) is 5.26 Å². The van der Waals surface area contributed by atoms with Gasteiger partial charge in [0.15, 0.2) is 0 Å². The van der Waals surface area contributed by atoms with Gasteiger partial charge in [0.2, 0.25) is 0 Å². The van der Waals surface area contributed by atoms with Crippen LogP contribution in [0.4, 0.5) is 5.69 Å². The fourth-order valence-electron chi connectivity index (χ4n) is 1.74. The van der Waals surface area contributed by atoms with E-state index in [-0.39, 0.29) is 0 Å². The Kier molecular flexibility index (Phi) is 5.50. The van der Waals surface area contributed by atoms with E-state index in [2.05, 4.69) is 47.7 Å². The summed E-state index contributed by atoms with van der Waals surface area (Å²) in [5.41, 5.74) is 1.87. The molecule has 0 bridgehead atoms. The Morgan fingerprint density at radius 1 is 1.41 bits per heavy atom. The minimum absolute atomic E-state index is 0.678. The van der Waals surface area contributed by atoms with Gasteiger partial charge in [-0.2, -0.15) is 5.26 Å². The van der Waals surface area contributed by atoms with Gasteiger partial charge in [0.05, 0.1) is 17.3 Å². The van der Waals surface area contributed by atoms with Crippen molar-refractivity contribution in [2.24, 2.45) is 5.92 Å². The summed E-state index contributed by atoms with van der Waals surface area (Å²) in [4.78, 5) is 2.35. The molecule has 3 heteroatoms. The van der Waals surface area contributed by atoms with Crippen LogP contribution in [0.15, 0.2) is 22.7 Å². The molecule has 0 aromatic heterocycles. The second-order valence-corrected chi connectivity index (χ2v) is 5.18. The van der Waals surface area contributed by atoms with Gasteiger partial charge in [0, 0.05) is 17.6 Å². The zero-order chi connectivity index (χ0) is 12.8. The third-order valence-electron chi connectivity index (χ3n) is 3.03. The summed E-state index contributed by atoms with van der Waals surface area (Å²) in [7, 11) is 0. The van der Waals surface area contributed by atoms with Crippen LogP contribution in [-0.2, 0) is 0 Å². The van der Waals surface area contributed by atoms with Gasteiger partial charge in [-0.25, -0.2) is 0 Å². The van der Waals surface area contributed by atoms with Crippen LogP contribution in [0.3, 0.4) is 0 Å². The summed E-state index contributed by atoms with van der Waals surface area (Å²) < 4.78 is 1.00. The molecule has 1 aromatic carbocycles. The first-order valence-corrected chi connectivity index (χ1v) is 6.86. The largest absolute Gasteiger partial charge is 0.371 e. The van der Waals surface area contributed by atoms with Crippen molar-refractivity contribution in [1.29, 1.82) is 5.26 Å². The van der Waals surface area contributed by atoms with Gasteiger partial charge in [-0.05, 0) is 47.0 Å². The highest BCUT2D eigenvalue weighted by Crippen LogP contribution is 2.28. The highest BCUT2D eigenvalue weighted by atomic mass is 79.9. The summed E-state index contributed by atoms with van der Waals surface area (Å²) in [6.45, 7) is 8.67. The molecule has 0 spiro atoms. The van der Waals surface area contributed by atoms with Crippen LogP contribution in [0.1, 0.15) is 32.8 Å². The molecule has 1 aromatic rings. The molecule has 0 saturated heterocycles. The van der Waals surface area contributed by atoms with Crippen LogP contribution in [0, 0.1) is 17.2 Å². The van der Waals surface area contributed by atoms with Crippen LogP contribution in [0.5, 0.6) is 0 Å². The summed E-state index contributed by atoms with van der Waals surface area (Å²) in [6.07, 6.45) is 1.18. The monoisotopic (exact) mass is 294 g/mol. The smallest absolute Gasteiger partial charge is 0.0992 e. The number of hydrogen-bond donors (Lipinski definition) is 0. The quantitative estimate of drug-likeness (QED) is 0.814. The Labute approximate surface area is 112 Å². The second kappa shape index (κ2) is 6.66. The number of anilines is 1. The second-order valence-electron chi connectivity index (χ2n) is 4.33. The molecule has 0 amide bonds. The molecule has 0 aliphatic heterocycles. The number of rotatable bonds is 5. The minimum Gasteiger partial charge on any atom is -0.371 e. The molecule has 0 N–H and O–H groups in total. The van der Waals surface area contributed by atoms with Crippen molar-refractivity contribution in [3.05, 3.63) is 28.2 Å². The van der Waals surface area contributed by atoms with Crippen molar-refractivity contribution in [3.8, 4) is 6.07 Å². The van der Waals surface area contributed by atoms with Gasteiger partial charge in [-0.1, -0.05) is 20.3 Å². The molecule has 2 nitrogen and oxygen atoms in total. The Balaban J connectivity index is 2.93. The van der Waals surface area contributed by atoms with Crippen molar-refractivity contribution in [1.82, 2.24) is 0 Å². The first kappa shape index (κ1) is 14.1. The molecule has 92 valence electrons. The molecule has 17 heavy (non-hydrogen) atoms. The van der Waals surface area contributed by atoms with E-state index in [0.29, 0.717) is 11.5 Å². The number of nitriles is 1. The highest BCUT2D eigenvalue weighted by molar-refractivity contribution is 9.10. The van der Waals surface area contributed by atoms with Crippen molar-refractivity contribution >= 4 is 21.6 Å². The molecule has 0 saturated carbocycles. The molecule has 0 fully saturated rings. The summed E-state index contributed by atoms with van der Waals surface area (Å²) in [5, 5.41) is 8.85. The zero-order valence-electron chi connectivity index (χ0n) is 10.7. The number of benzene rings is 1. The predicted octanol–water partition coefficient (Wildman–Crippen LogP) is 4.19. The highest BCUT2D eigenvalue weighted by Gasteiger charge is 2.11. The Bertz CT molecular complexity index is 409. The maximum Gasteiger partial charge on any atom is 0.0992 e. The Morgan fingerprint density at radius 2 is 2.12 bits per heavy atom. The van der Waals surface area contributed by atoms with Crippen molar-refractivity contribution in [2.45, 2.75) is 27.2 Å². The third-order valence-corrected chi connectivity index (χ3v) is 3.66. The lowest BCUT2D eigenvalue weighted by molar-refractivity contribution is 0.547. The van der Waals surface area contributed by atoms with Gasteiger partial charge in [-0.3, -0.25) is 0 Å². The molecular formula is C14H19BrN2. The van der Waals surface area contributed by atoms with Gasteiger partial charge in [0.1, 0.15) is 0 Å². The van der Waals surface area contributed by atoms with Crippen molar-refractivity contribution in [3.63, 3.8) is 0 Å². The lowest BCUT2D eigenvalue weighted by atomic mass is 10.1. The molecule has 1 unspecified atom stereocenters. The predicted molar refractivity (Wildman–Crippen MR) is 76.2 cm³/mol. The van der Waals surface area contributed by atoms with Crippen LogP contribution in [0.25, 0.3) is 0 Å². The molecule has 0 heterocycles. The van der Waals surface area contributed by atoms with Gasteiger partial charge in [0.25, 0.3) is 0 Å². The topological polar surface area (TPSA) is 27.0 Å². The normalized spacial score (nSPS) is 11.9. The fraction of sp³-hybridized carbons (Fsp3) is 0.500. The Hall–Kier alpha value is -1.01. The molecule has 0 radical (unpaired) electrons. The number of halogens is 1. The van der Waals surface area contributed by atoms with Crippen molar-refractivity contribution < 1.29 is 0 Å². The van der Waals surface area contributed by atoms with Gasteiger partial charge < -0.3 is 4.90 Å². The summed E-state index contributed by atoms with van der Waals surface area (Å²) in [5.74, 6) is 0.678. The average Bonchev–Trinajstić information content (AvgIpc) is 2.35. The SMILES string of the molecule is CCC(C)CN(CC)c1ccc(C#N)cc1Br. The van der Waals surface area contributed by atoms with E-state index < -0.39 is 0 Å². The van der Waals surface area contributed by atoms with E-state index >= 15 is 0 Å². The van der Waals surface area contributed by atoms with E-state index in [1.807, 2.05) is 18.2 Å². The molecule has 0 aliphatic carbocycles. The van der Waals surface area contributed by atoms with Crippen LogP contribution in [-0.4, -0.2) is 13.1 Å². The molecule has 0 aliphatic rings. The zero-order valence-corrected chi connectivity index (χ0v) is 12.3. The van der Waals surface area contributed by atoms with Crippen LogP contribution < -0.4 is 4.90 Å². The minimum atomic E-state index is 0.678. The average molecular weight is 295 g/mol. The first-order chi connectivity index (χ1) is 8.12. The standard InChI is InChI=1S/C14H19BrN2/c1-4-11(3)10-17(5-2)14-7-6-12(9-16)8-13(14)15/h6-8,11H,4-5,10H2,1-3H3. The number of hydrogen-bond acceptors (Lipinski definition) is 2. The van der Waals surface area contributed by atoms with Gasteiger partial charge in [-0.15, -0.1) is 0 Å². The molecular weight excluding hydrogens is 276 g/mol. The lowest BCUT2D eigenvalue weighted by Crippen LogP contribution is -2.28. The lowest BCUT2D eigenvalue weighted by Gasteiger charge is -2.27. The maximum absolute atomic E-state index is 8.85. The molecule has 1 rings (SSSR count). The summed E-state index contributed by atoms with van der Waals surface area (Å²) >= 11 is 3.55. The van der Waals surface area contributed by atoms with E-state index in [9.17, 15) is 0 Å². The summed E-state index contributed by atoms with van der Waals surface area (Å²) in [6, 6.07) is 7.94. The van der Waals surface area contributed by atoms with Gasteiger partial charge >= 0.3 is 0 Å². The van der Waals surface area contributed by atoms with Crippen LogP contribution in [0.2, 0.25) is 0 Å². The Morgan fingerprint density at radius 3 is 2.59 bits per heavy atom. The van der Waals surface area contributed by atoms with E-state index in [1.54, 1.807) is 0 Å². The maximum atomic E-state index is 8.85. The van der Waals surface area contributed by atoms with Crippen molar-refractivity contribution in [2.75, 3.05) is 18.0 Å².